The molecule has 1 aromatic heterocycles. The van der Waals surface area contributed by atoms with E-state index in [2.05, 4.69) is 46.1 Å². The molecule has 1 unspecified atom stereocenters. The maximum Gasteiger partial charge on any atom is 0.194 e. The van der Waals surface area contributed by atoms with E-state index in [1.165, 1.54) is 19.4 Å². The summed E-state index contributed by atoms with van der Waals surface area (Å²) in [5, 5.41) is 7.46. The Kier molecular flexibility index (Phi) is 8.82. The minimum absolute atomic E-state index is 0. The summed E-state index contributed by atoms with van der Waals surface area (Å²) in [7, 11) is 4.01. The van der Waals surface area contributed by atoms with Crippen molar-refractivity contribution >= 4 is 29.9 Å². The zero-order valence-corrected chi connectivity index (χ0v) is 17.0. The van der Waals surface area contributed by atoms with Crippen LogP contribution in [0.15, 0.2) is 11.3 Å². The van der Waals surface area contributed by atoms with Crippen LogP contribution in [0.5, 0.6) is 0 Å². The summed E-state index contributed by atoms with van der Waals surface area (Å²) in [4.78, 5) is 13.7. The molecule has 0 aliphatic carbocycles. The standard InChI is InChI=1S/C15H29N7.HI/c1-5-16-15(17-10-14-18-12-19-21(14)4)20(3)11-13-8-7-9-22(13)6-2;/h12-13H,5-11H2,1-4H3,(H,16,17);1H. The molecule has 0 spiro atoms. The van der Waals surface area contributed by atoms with Gasteiger partial charge in [-0.1, -0.05) is 6.92 Å². The molecule has 0 bridgehead atoms. The van der Waals surface area contributed by atoms with Gasteiger partial charge in [-0.05, 0) is 32.9 Å². The molecule has 8 heteroatoms. The first kappa shape index (κ1) is 20.1. The fraction of sp³-hybridized carbons (Fsp3) is 0.800. The average Bonchev–Trinajstić information content (AvgIpc) is 3.12. The highest BCUT2D eigenvalue weighted by molar-refractivity contribution is 14.0. The lowest BCUT2D eigenvalue weighted by Gasteiger charge is -2.29. The van der Waals surface area contributed by atoms with Crippen LogP contribution in [0.2, 0.25) is 0 Å². The number of aryl methyl sites for hydroxylation is 1. The maximum absolute atomic E-state index is 4.70. The summed E-state index contributed by atoms with van der Waals surface area (Å²) in [5.41, 5.74) is 0. The van der Waals surface area contributed by atoms with Gasteiger partial charge in [0, 0.05) is 33.2 Å². The molecule has 0 saturated carbocycles. The molecular formula is C15H30IN7. The molecule has 23 heavy (non-hydrogen) atoms. The summed E-state index contributed by atoms with van der Waals surface area (Å²) in [6.45, 7) is 9.12. The normalized spacial score (nSPS) is 18.8. The molecule has 1 aliphatic rings. The Balaban J connectivity index is 0.00000264. The van der Waals surface area contributed by atoms with E-state index in [4.69, 9.17) is 4.99 Å². The molecular weight excluding hydrogens is 405 g/mol. The molecule has 132 valence electrons. The number of hydrogen-bond donors (Lipinski definition) is 1. The van der Waals surface area contributed by atoms with Crippen molar-refractivity contribution in [1.29, 1.82) is 0 Å². The SMILES string of the molecule is CCNC(=NCc1ncnn1C)N(C)CC1CCCN1CC.I. The Morgan fingerprint density at radius 1 is 1.48 bits per heavy atom. The van der Waals surface area contributed by atoms with E-state index < -0.39 is 0 Å². The number of nitrogens with one attached hydrogen (secondary N) is 1. The number of aromatic nitrogens is 3. The molecule has 1 N–H and O–H groups in total. The van der Waals surface area contributed by atoms with Crippen LogP contribution >= 0.6 is 24.0 Å². The third-order valence-electron chi connectivity index (χ3n) is 4.26. The first-order chi connectivity index (χ1) is 10.7. The third-order valence-corrected chi connectivity index (χ3v) is 4.26. The third kappa shape index (κ3) is 5.59. The lowest BCUT2D eigenvalue weighted by Crippen LogP contribution is -2.46. The number of rotatable bonds is 6. The van der Waals surface area contributed by atoms with Crippen LogP contribution in [0.1, 0.15) is 32.5 Å². The van der Waals surface area contributed by atoms with Gasteiger partial charge in [0.1, 0.15) is 18.7 Å². The Morgan fingerprint density at radius 3 is 2.87 bits per heavy atom. The minimum atomic E-state index is 0. The van der Waals surface area contributed by atoms with Crippen molar-refractivity contribution in [3.63, 3.8) is 0 Å². The maximum atomic E-state index is 4.70. The van der Waals surface area contributed by atoms with E-state index in [-0.39, 0.29) is 24.0 Å². The van der Waals surface area contributed by atoms with Crippen molar-refractivity contribution < 1.29 is 0 Å². The van der Waals surface area contributed by atoms with Crippen molar-refractivity contribution in [2.75, 3.05) is 33.2 Å². The fourth-order valence-electron chi connectivity index (χ4n) is 3.00. The zero-order chi connectivity index (χ0) is 15.9. The van der Waals surface area contributed by atoms with Crippen LogP contribution < -0.4 is 5.32 Å². The van der Waals surface area contributed by atoms with E-state index in [1.807, 2.05) is 7.05 Å². The van der Waals surface area contributed by atoms with E-state index in [9.17, 15) is 0 Å². The van der Waals surface area contributed by atoms with Gasteiger partial charge in [-0.2, -0.15) is 5.10 Å². The van der Waals surface area contributed by atoms with Gasteiger partial charge in [0.15, 0.2) is 5.96 Å². The van der Waals surface area contributed by atoms with Crippen LogP contribution in [0.3, 0.4) is 0 Å². The largest absolute Gasteiger partial charge is 0.357 e. The number of guanidine groups is 1. The number of hydrogen-bond acceptors (Lipinski definition) is 4. The lowest BCUT2D eigenvalue weighted by molar-refractivity contribution is 0.232. The Bertz CT molecular complexity index is 488. The van der Waals surface area contributed by atoms with Crippen LogP contribution in [0.25, 0.3) is 0 Å². The second-order valence-electron chi connectivity index (χ2n) is 5.78. The molecule has 1 atom stereocenters. The summed E-state index contributed by atoms with van der Waals surface area (Å²) in [5.74, 6) is 1.81. The van der Waals surface area contributed by atoms with Gasteiger partial charge in [-0.15, -0.1) is 24.0 Å². The molecule has 1 fully saturated rings. The van der Waals surface area contributed by atoms with Crippen LogP contribution in [-0.2, 0) is 13.6 Å². The molecule has 0 radical (unpaired) electrons. The predicted molar refractivity (Wildman–Crippen MR) is 104 cm³/mol. The second kappa shape index (κ2) is 10.1. The molecule has 1 aromatic rings. The first-order valence-electron chi connectivity index (χ1n) is 8.22. The van der Waals surface area contributed by atoms with Gasteiger partial charge in [-0.25, -0.2) is 9.98 Å². The van der Waals surface area contributed by atoms with Crippen molar-refractivity contribution in [2.24, 2.45) is 12.0 Å². The summed E-state index contributed by atoms with van der Waals surface area (Å²) in [6, 6.07) is 0.633. The van der Waals surface area contributed by atoms with Gasteiger partial charge in [0.25, 0.3) is 0 Å². The van der Waals surface area contributed by atoms with Gasteiger partial charge < -0.3 is 10.2 Å². The van der Waals surface area contributed by atoms with Crippen molar-refractivity contribution in [3.8, 4) is 0 Å². The van der Waals surface area contributed by atoms with E-state index in [0.717, 1.165) is 31.4 Å². The molecule has 2 rings (SSSR count). The molecule has 1 saturated heterocycles. The van der Waals surface area contributed by atoms with Crippen molar-refractivity contribution in [3.05, 3.63) is 12.2 Å². The zero-order valence-electron chi connectivity index (χ0n) is 14.7. The highest BCUT2D eigenvalue weighted by Gasteiger charge is 2.24. The van der Waals surface area contributed by atoms with Crippen LogP contribution in [-0.4, -0.2) is 69.8 Å². The van der Waals surface area contributed by atoms with Gasteiger partial charge in [0.2, 0.25) is 0 Å². The van der Waals surface area contributed by atoms with Crippen LogP contribution in [0.4, 0.5) is 0 Å². The number of aliphatic imine (C=N–C) groups is 1. The monoisotopic (exact) mass is 435 g/mol. The minimum Gasteiger partial charge on any atom is -0.357 e. The summed E-state index contributed by atoms with van der Waals surface area (Å²) in [6.07, 6.45) is 4.15. The first-order valence-corrected chi connectivity index (χ1v) is 8.22. The summed E-state index contributed by atoms with van der Waals surface area (Å²) < 4.78 is 1.77. The molecule has 0 aromatic carbocycles. The quantitative estimate of drug-likeness (QED) is 0.415. The predicted octanol–water partition coefficient (Wildman–Crippen LogP) is 1.31. The summed E-state index contributed by atoms with van der Waals surface area (Å²) >= 11 is 0. The molecule has 2 heterocycles. The van der Waals surface area contributed by atoms with E-state index >= 15 is 0 Å². The molecule has 7 nitrogen and oxygen atoms in total. The fourth-order valence-corrected chi connectivity index (χ4v) is 3.00. The molecule has 1 aliphatic heterocycles. The number of halogens is 1. The topological polar surface area (TPSA) is 61.6 Å². The average molecular weight is 435 g/mol. The Labute approximate surface area is 156 Å². The number of nitrogens with zero attached hydrogens (tertiary/aromatic N) is 6. The second-order valence-corrected chi connectivity index (χ2v) is 5.78. The highest BCUT2D eigenvalue weighted by atomic mass is 127. The Morgan fingerprint density at radius 2 is 2.26 bits per heavy atom. The number of likely N-dealkylation sites (tertiary alicyclic amines) is 1. The molecule has 0 amide bonds. The van der Waals surface area contributed by atoms with Crippen molar-refractivity contribution in [2.45, 2.75) is 39.3 Å². The smallest absolute Gasteiger partial charge is 0.194 e. The van der Waals surface area contributed by atoms with Crippen LogP contribution in [0, 0.1) is 0 Å². The van der Waals surface area contributed by atoms with Gasteiger partial charge in [-0.3, -0.25) is 9.58 Å². The van der Waals surface area contributed by atoms with E-state index in [0.29, 0.717) is 12.6 Å². The Hall–Kier alpha value is -0.900. The van der Waals surface area contributed by atoms with Crippen molar-refractivity contribution in [1.82, 2.24) is 29.9 Å². The highest BCUT2D eigenvalue weighted by Crippen LogP contribution is 2.17. The lowest BCUT2D eigenvalue weighted by atomic mass is 10.2. The van der Waals surface area contributed by atoms with Gasteiger partial charge >= 0.3 is 0 Å². The van der Waals surface area contributed by atoms with E-state index in [1.54, 1.807) is 11.0 Å². The van der Waals surface area contributed by atoms with Gasteiger partial charge in [0.05, 0.1) is 0 Å². The number of likely N-dealkylation sites (N-methyl/N-ethyl adjacent to an activating group) is 2.